The Morgan fingerprint density at radius 3 is 2.31 bits per heavy atom. The minimum atomic E-state index is -0.583. The molecule has 32 heavy (non-hydrogen) atoms. The maximum Gasteiger partial charge on any atom is 0.295 e. The lowest BCUT2D eigenvalue weighted by molar-refractivity contribution is 0.101. The quantitative estimate of drug-likeness (QED) is 0.454. The van der Waals surface area contributed by atoms with Crippen molar-refractivity contribution in [3.8, 4) is 5.69 Å². The summed E-state index contributed by atoms with van der Waals surface area (Å²) in [6, 6.07) is 18.9. The van der Waals surface area contributed by atoms with Gasteiger partial charge in [-0.05, 0) is 67.6 Å². The Kier molecular flexibility index (Phi) is 5.96. The maximum atomic E-state index is 13.2. The molecule has 3 aromatic carbocycles. The van der Waals surface area contributed by atoms with Gasteiger partial charge in [0.1, 0.15) is 11.6 Å². The van der Waals surface area contributed by atoms with Crippen molar-refractivity contribution in [2.75, 3.05) is 10.6 Å². The van der Waals surface area contributed by atoms with Crippen molar-refractivity contribution in [3.63, 3.8) is 0 Å². The fraction of sp³-hybridized carbons (Fsp3) is 0.0435. The van der Waals surface area contributed by atoms with Crippen molar-refractivity contribution in [1.29, 1.82) is 0 Å². The Bertz CT molecular complexity index is 1290. The molecule has 1 heterocycles. The van der Waals surface area contributed by atoms with E-state index in [1.807, 2.05) is 0 Å². The first-order chi connectivity index (χ1) is 15.4. The Labute approximate surface area is 187 Å². The third kappa shape index (κ3) is 4.65. The van der Waals surface area contributed by atoms with E-state index in [1.165, 1.54) is 28.9 Å². The molecule has 0 aliphatic carbocycles. The van der Waals surface area contributed by atoms with Gasteiger partial charge in [0.05, 0.1) is 16.9 Å². The predicted octanol–water partition coefficient (Wildman–Crippen LogP) is 4.87. The SMILES string of the molecule is Cc1nc(C(=O)Nc2ccccc2C(=O)Nc2ccc(Cl)cc2)nn1-c1ccc(F)cc1. The largest absolute Gasteiger partial charge is 0.322 e. The molecule has 0 saturated heterocycles. The number of carbonyl (C=O) groups is 2. The lowest BCUT2D eigenvalue weighted by Gasteiger charge is -2.10. The number of halogens is 2. The normalized spacial score (nSPS) is 10.6. The van der Waals surface area contributed by atoms with Gasteiger partial charge in [0.15, 0.2) is 0 Å². The Balaban J connectivity index is 1.54. The summed E-state index contributed by atoms with van der Waals surface area (Å²) >= 11 is 5.87. The molecule has 4 rings (SSSR count). The van der Waals surface area contributed by atoms with Gasteiger partial charge < -0.3 is 10.6 Å². The van der Waals surface area contributed by atoms with Crippen molar-refractivity contribution < 1.29 is 14.0 Å². The first kappa shape index (κ1) is 21.2. The Hall–Kier alpha value is -4.04. The molecule has 0 bridgehead atoms. The molecular formula is C23H17ClFN5O2. The molecule has 2 amide bonds. The van der Waals surface area contributed by atoms with Crippen LogP contribution in [-0.4, -0.2) is 26.6 Å². The molecule has 4 aromatic rings. The highest BCUT2D eigenvalue weighted by Gasteiger charge is 2.19. The van der Waals surface area contributed by atoms with Gasteiger partial charge in [-0.15, -0.1) is 5.10 Å². The van der Waals surface area contributed by atoms with Crippen LogP contribution in [0.1, 0.15) is 26.8 Å². The predicted molar refractivity (Wildman–Crippen MR) is 120 cm³/mol. The highest BCUT2D eigenvalue weighted by atomic mass is 35.5. The summed E-state index contributed by atoms with van der Waals surface area (Å²) in [5.41, 5.74) is 1.71. The Morgan fingerprint density at radius 1 is 0.906 bits per heavy atom. The number of nitrogens with one attached hydrogen (secondary N) is 2. The van der Waals surface area contributed by atoms with Gasteiger partial charge in [-0.2, -0.15) is 0 Å². The van der Waals surface area contributed by atoms with Crippen LogP contribution in [0.5, 0.6) is 0 Å². The second kappa shape index (κ2) is 8.99. The number of hydrogen-bond acceptors (Lipinski definition) is 4. The van der Waals surface area contributed by atoms with E-state index in [2.05, 4.69) is 20.7 Å². The third-order valence-corrected chi connectivity index (χ3v) is 4.82. The third-order valence-electron chi connectivity index (χ3n) is 4.57. The summed E-state index contributed by atoms with van der Waals surface area (Å²) in [6.45, 7) is 1.68. The molecule has 0 atom stereocenters. The molecule has 0 unspecified atom stereocenters. The van der Waals surface area contributed by atoms with Crippen LogP contribution in [-0.2, 0) is 0 Å². The monoisotopic (exact) mass is 449 g/mol. The van der Waals surface area contributed by atoms with Gasteiger partial charge in [0.2, 0.25) is 5.82 Å². The fourth-order valence-corrected chi connectivity index (χ4v) is 3.14. The van der Waals surface area contributed by atoms with Gasteiger partial charge in [0, 0.05) is 10.7 Å². The molecule has 160 valence electrons. The van der Waals surface area contributed by atoms with Crippen molar-refractivity contribution >= 4 is 34.8 Å². The molecule has 1 aromatic heterocycles. The second-order valence-corrected chi connectivity index (χ2v) is 7.27. The maximum absolute atomic E-state index is 13.2. The molecule has 0 fully saturated rings. The first-order valence-electron chi connectivity index (χ1n) is 9.57. The lowest BCUT2D eigenvalue weighted by atomic mass is 10.1. The van der Waals surface area contributed by atoms with Crippen LogP contribution < -0.4 is 10.6 Å². The zero-order valence-electron chi connectivity index (χ0n) is 16.8. The highest BCUT2D eigenvalue weighted by Crippen LogP contribution is 2.20. The van der Waals surface area contributed by atoms with Crippen molar-refractivity contribution in [2.45, 2.75) is 6.92 Å². The average molecular weight is 450 g/mol. The van der Waals surface area contributed by atoms with Crippen LogP contribution in [0.3, 0.4) is 0 Å². The summed E-state index contributed by atoms with van der Waals surface area (Å²) in [7, 11) is 0. The Morgan fingerprint density at radius 2 is 1.59 bits per heavy atom. The van der Waals surface area contributed by atoms with E-state index >= 15 is 0 Å². The summed E-state index contributed by atoms with van der Waals surface area (Å²) < 4.78 is 14.6. The first-order valence-corrected chi connectivity index (χ1v) is 9.95. The van der Waals surface area contributed by atoms with E-state index in [0.717, 1.165) is 0 Å². The number of benzene rings is 3. The smallest absolute Gasteiger partial charge is 0.295 e. The minimum absolute atomic E-state index is 0.0836. The molecule has 0 radical (unpaired) electrons. The summed E-state index contributed by atoms with van der Waals surface area (Å²) in [6.07, 6.45) is 0. The molecule has 0 aliphatic rings. The van der Waals surface area contributed by atoms with Crippen LogP contribution in [0.2, 0.25) is 5.02 Å². The topological polar surface area (TPSA) is 88.9 Å². The number of amides is 2. The van der Waals surface area contributed by atoms with Gasteiger partial charge >= 0.3 is 0 Å². The molecule has 2 N–H and O–H groups in total. The molecule has 0 saturated carbocycles. The van der Waals surface area contributed by atoms with Crippen LogP contribution in [0.25, 0.3) is 5.69 Å². The number of aromatic nitrogens is 3. The molecule has 0 aliphatic heterocycles. The van der Waals surface area contributed by atoms with Crippen molar-refractivity contribution in [2.24, 2.45) is 0 Å². The van der Waals surface area contributed by atoms with E-state index in [4.69, 9.17) is 11.6 Å². The van der Waals surface area contributed by atoms with Crippen LogP contribution >= 0.6 is 11.6 Å². The van der Waals surface area contributed by atoms with Crippen LogP contribution in [0.15, 0.2) is 72.8 Å². The van der Waals surface area contributed by atoms with Gasteiger partial charge in [-0.25, -0.2) is 14.1 Å². The zero-order chi connectivity index (χ0) is 22.7. The van der Waals surface area contributed by atoms with Crippen molar-refractivity contribution in [3.05, 3.63) is 101 Å². The number of anilines is 2. The number of hydrogen-bond donors (Lipinski definition) is 2. The number of para-hydroxylation sites is 1. The lowest BCUT2D eigenvalue weighted by Crippen LogP contribution is -2.19. The van der Waals surface area contributed by atoms with E-state index in [0.29, 0.717) is 27.9 Å². The fourth-order valence-electron chi connectivity index (χ4n) is 3.01. The second-order valence-electron chi connectivity index (χ2n) is 6.83. The molecular weight excluding hydrogens is 433 g/mol. The number of nitrogens with zero attached hydrogens (tertiary/aromatic N) is 3. The van der Waals surface area contributed by atoms with E-state index in [1.54, 1.807) is 55.5 Å². The highest BCUT2D eigenvalue weighted by molar-refractivity contribution is 6.30. The summed E-state index contributed by atoms with van der Waals surface area (Å²) in [5, 5.41) is 10.2. The van der Waals surface area contributed by atoms with Crippen LogP contribution in [0, 0.1) is 12.7 Å². The van der Waals surface area contributed by atoms with Crippen molar-refractivity contribution in [1.82, 2.24) is 14.8 Å². The minimum Gasteiger partial charge on any atom is -0.322 e. The summed E-state index contributed by atoms with van der Waals surface area (Å²) in [5.74, 6) is -0.988. The van der Waals surface area contributed by atoms with Gasteiger partial charge in [0.25, 0.3) is 11.8 Å². The summed E-state index contributed by atoms with van der Waals surface area (Å²) in [4.78, 5) is 29.7. The van der Waals surface area contributed by atoms with Gasteiger partial charge in [-0.1, -0.05) is 23.7 Å². The number of aryl methyl sites for hydroxylation is 1. The molecule has 0 spiro atoms. The zero-order valence-corrected chi connectivity index (χ0v) is 17.6. The van der Waals surface area contributed by atoms with E-state index in [-0.39, 0.29) is 17.2 Å². The van der Waals surface area contributed by atoms with Gasteiger partial charge in [-0.3, -0.25) is 9.59 Å². The molecule has 9 heteroatoms. The standard InChI is InChI=1S/C23H17ClFN5O2/c1-14-26-21(29-30(14)18-12-8-16(25)9-13-18)23(32)28-20-5-3-2-4-19(20)22(31)27-17-10-6-15(24)7-11-17/h2-13H,1H3,(H,27,31)(H,28,32). The molecule has 7 nitrogen and oxygen atoms in total. The van der Waals surface area contributed by atoms with Crippen LogP contribution in [0.4, 0.5) is 15.8 Å². The van der Waals surface area contributed by atoms with E-state index in [9.17, 15) is 14.0 Å². The van der Waals surface area contributed by atoms with E-state index < -0.39 is 11.8 Å². The number of carbonyl (C=O) groups excluding carboxylic acids is 2. The average Bonchev–Trinajstić information content (AvgIpc) is 3.18. The number of rotatable bonds is 5.